The molecule has 2 heteroatoms. The van der Waals surface area contributed by atoms with Crippen LogP contribution in [0.5, 0.6) is 0 Å². The standard InChI is InChI=1S/C12H17NO/c1-8-6-7-13-9(2)10(8)11(14)12(3,4)5/h6-7H,1-5H3. The van der Waals surface area contributed by atoms with E-state index in [0.717, 1.165) is 16.8 Å². The van der Waals surface area contributed by atoms with Crippen molar-refractivity contribution in [3.63, 3.8) is 0 Å². The first-order chi connectivity index (χ1) is 6.34. The number of ketones is 1. The first-order valence-electron chi connectivity index (χ1n) is 4.81. The predicted molar refractivity (Wildman–Crippen MR) is 57.5 cm³/mol. The quantitative estimate of drug-likeness (QED) is 0.639. The molecule has 76 valence electrons. The predicted octanol–water partition coefficient (Wildman–Crippen LogP) is 2.93. The van der Waals surface area contributed by atoms with Crippen LogP contribution in [0.25, 0.3) is 0 Å². The molecule has 0 aliphatic heterocycles. The van der Waals surface area contributed by atoms with E-state index < -0.39 is 0 Å². The van der Waals surface area contributed by atoms with Gasteiger partial charge in [-0.1, -0.05) is 20.8 Å². The highest BCUT2D eigenvalue weighted by molar-refractivity contribution is 6.01. The first-order valence-corrected chi connectivity index (χ1v) is 4.81. The molecule has 0 atom stereocenters. The summed E-state index contributed by atoms with van der Waals surface area (Å²) < 4.78 is 0. The Kier molecular flexibility index (Phi) is 2.74. The number of aromatic nitrogens is 1. The van der Waals surface area contributed by atoms with Crippen LogP contribution in [0.2, 0.25) is 0 Å². The molecule has 0 unspecified atom stereocenters. The molecule has 0 bridgehead atoms. The molecule has 0 amide bonds. The third-order valence-corrected chi connectivity index (χ3v) is 2.26. The molecule has 0 saturated carbocycles. The summed E-state index contributed by atoms with van der Waals surface area (Å²) in [5.41, 5.74) is 2.28. The van der Waals surface area contributed by atoms with E-state index in [1.54, 1.807) is 6.20 Å². The number of pyridine rings is 1. The molecule has 1 aromatic rings. The molecule has 1 aromatic heterocycles. The second kappa shape index (κ2) is 3.52. The number of hydrogen-bond acceptors (Lipinski definition) is 2. The smallest absolute Gasteiger partial charge is 0.170 e. The van der Waals surface area contributed by atoms with Gasteiger partial charge < -0.3 is 0 Å². The number of carbonyl (C=O) groups is 1. The van der Waals surface area contributed by atoms with Crippen LogP contribution >= 0.6 is 0 Å². The second-order valence-corrected chi connectivity index (χ2v) is 4.67. The van der Waals surface area contributed by atoms with Gasteiger partial charge in [-0.25, -0.2) is 0 Å². The fraction of sp³-hybridized carbons (Fsp3) is 0.500. The molecule has 0 N–H and O–H groups in total. The van der Waals surface area contributed by atoms with Gasteiger partial charge in [-0.05, 0) is 25.5 Å². The van der Waals surface area contributed by atoms with Gasteiger partial charge in [0.15, 0.2) is 5.78 Å². The number of aryl methyl sites for hydroxylation is 2. The van der Waals surface area contributed by atoms with E-state index in [1.807, 2.05) is 40.7 Å². The summed E-state index contributed by atoms with van der Waals surface area (Å²) in [4.78, 5) is 16.2. The molecule has 1 rings (SSSR count). The number of rotatable bonds is 1. The Morgan fingerprint density at radius 3 is 2.29 bits per heavy atom. The van der Waals surface area contributed by atoms with E-state index in [1.165, 1.54) is 0 Å². The molecule has 0 aliphatic carbocycles. The lowest BCUT2D eigenvalue weighted by Crippen LogP contribution is -2.22. The second-order valence-electron chi connectivity index (χ2n) is 4.67. The molecule has 0 aromatic carbocycles. The number of carbonyl (C=O) groups excluding carboxylic acids is 1. The van der Waals surface area contributed by atoms with Gasteiger partial charge in [-0.3, -0.25) is 9.78 Å². The summed E-state index contributed by atoms with van der Waals surface area (Å²) in [6, 6.07) is 1.88. The van der Waals surface area contributed by atoms with Crippen molar-refractivity contribution in [2.75, 3.05) is 0 Å². The van der Waals surface area contributed by atoms with Crippen molar-refractivity contribution in [2.24, 2.45) is 5.41 Å². The molecule has 0 fully saturated rings. The van der Waals surface area contributed by atoms with Crippen molar-refractivity contribution in [1.82, 2.24) is 4.98 Å². The van der Waals surface area contributed by atoms with E-state index in [0.29, 0.717) is 0 Å². The maximum atomic E-state index is 12.1. The minimum atomic E-state index is -0.335. The van der Waals surface area contributed by atoms with E-state index in [4.69, 9.17) is 0 Å². The number of hydrogen-bond donors (Lipinski definition) is 0. The highest BCUT2D eigenvalue weighted by atomic mass is 16.1. The van der Waals surface area contributed by atoms with Gasteiger partial charge in [-0.2, -0.15) is 0 Å². The Hall–Kier alpha value is -1.18. The zero-order chi connectivity index (χ0) is 10.9. The van der Waals surface area contributed by atoms with Gasteiger partial charge in [-0.15, -0.1) is 0 Å². The van der Waals surface area contributed by atoms with Crippen molar-refractivity contribution in [1.29, 1.82) is 0 Å². The van der Waals surface area contributed by atoms with Crippen molar-refractivity contribution < 1.29 is 4.79 Å². The van der Waals surface area contributed by atoms with Crippen LogP contribution in [0.15, 0.2) is 12.3 Å². The van der Waals surface area contributed by atoms with Gasteiger partial charge in [0.25, 0.3) is 0 Å². The largest absolute Gasteiger partial charge is 0.294 e. The van der Waals surface area contributed by atoms with Crippen molar-refractivity contribution in [3.8, 4) is 0 Å². The highest BCUT2D eigenvalue weighted by Gasteiger charge is 2.25. The average Bonchev–Trinajstić information content (AvgIpc) is 2.01. The van der Waals surface area contributed by atoms with Crippen LogP contribution in [-0.2, 0) is 0 Å². The van der Waals surface area contributed by atoms with E-state index in [-0.39, 0.29) is 11.2 Å². The van der Waals surface area contributed by atoms with E-state index >= 15 is 0 Å². The van der Waals surface area contributed by atoms with Gasteiger partial charge in [0.1, 0.15) is 0 Å². The number of nitrogens with zero attached hydrogens (tertiary/aromatic N) is 1. The van der Waals surface area contributed by atoms with Crippen molar-refractivity contribution in [2.45, 2.75) is 34.6 Å². The minimum absolute atomic E-state index is 0.167. The van der Waals surface area contributed by atoms with Crippen LogP contribution in [0.4, 0.5) is 0 Å². The maximum Gasteiger partial charge on any atom is 0.170 e. The molecule has 0 radical (unpaired) electrons. The lowest BCUT2D eigenvalue weighted by Gasteiger charge is -2.19. The van der Waals surface area contributed by atoms with Crippen LogP contribution in [0, 0.1) is 19.3 Å². The van der Waals surface area contributed by atoms with Crippen LogP contribution < -0.4 is 0 Å². The molecule has 2 nitrogen and oxygen atoms in total. The van der Waals surface area contributed by atoms with Crippen LogP contribution in [0.3, 0.4) is 0 Å². The van der Waals surface area contributed by atoms with Gasteiger partial charge in [0, 0.05) is 22.9 Å². The van der Waals surface area contributed by atoms with Gasteiger partial charge in [0.2, 0.25) is 0 Å². The first kappa shape index (κ1) is 10.9. The summed E-state index contributed by atoms with van der Waals surface area (Å²) in [6.45, 7) is 9.63. The average molecular weight is 191 g/mol. The van der Waals surface area contributed by atoms with Crippen molar-refractivity contribution >= 4 is 5.78 Å². The van der Waals surface area contributed by atoms with Crippen molar-refractivity contribution in [3.05, 3.63) is 29.1 Å². The zero-order valence-electron chi connectivity index (χ0n) is 9.51. The summed E-state index contributed by atoms with van der Waals surface area (Å²) in [5, 5.41) is 0. The molecule has 0 saturated heterocycles. The Morgan fingerprint density at radius 1 is 1.29 bits per heavy atom. The number of Topliss-reactive ketones (excluding diaryl/α,β-unsaturated/α-hetero) is 1. The Labute approximate surface area is 85.4 Å². The maximum absolute atomic E-state index is 12.1. The molecule has 0 aliphatic rings. The Morgan fingerprint density at radius 2 is 1.86 bits per heavy atom. The summed E-state index contributed by atoms with van der Waals surface area (Å²) in [7, 11) is 0. The summed E-state index contributed by atoms with van der Waals surface area (Å²) in [5.74, 6) is 0.167. The minimum Gasteiger partial charge on any atom is -0.294 e. The lowest BCUT2D eigenvalue weighted by molar-refractivity contribution is 0.0856. The summed E-state index contributed by atoms with van der Waals surface area (Å²) >= 11 is 0. The summed E-state index contributed by atoms with van der Waals surface area (Å²) in [6.07, 6.45) is 1.74. The monoisotopic (exact) mass is 191 g/mol. The highest BCUT2D eigenvalue weighted by Crippen LogP contribution is 2.24. The normalized spacial score (nSPS) is 11.5. The van der Waals surface area contributed by atoms with Gasteiger partial charge in [0.05, 0.1) is 0 Å². The Balaban J connectivity index is 3.26. The van der Waals surface area contributed by atoms with Crippen LogP contribution in [-0.4, -0.2) is 10.8 Å². The molecule has 14 heavy (non-hydrogen) atoms. The Bertz CT molecular complexity index is 341. The van der Waals surface area contributed by atoms with Gasteiger partial charge >= 0.3 is 0 Å². The third kappa shape index (κ3) is 2.00. The third-order valence-electron chi connectivity index (χ3n) is 2.26. The fourth-order valence-corrected chi connectivity index (χ4v) is 1.41. The SMILES string of the molecule is Cc1ccnc(C)c1C(=O)C(C)(C)C. The molecular formula is C12H17NO. The molecule has 0 spiro atoms. The lowest BCUT2D eigenvalue weighted by atomic mass is 9.84. The van der Waals surface area contributed by atoms with E-state index in [9.17, 15) is 4.79 Å². The van der Waals surface area contributed by atoms with E-state index in [2.05, 4.69) is 4.98 Å². The molecule has 1 heterocycles. The van der Waals surface area contributed by atoms with Crippen LogP contribution in [0.1, 0.15) is 42.4 Å². The fourth-order valence-electron chi connectivity index (χ4n) is 1.41. The topological polar surface area (TPSA) is 30.0 Å². The zero-order valence-corrected chi connectivity index (χ0v) is 9.51. The molecular weight excluding hydrogens is 174 g/mol.